The second-order valence-corrected chi connectivity index (χ2v) is 14.9. The summed E-state index contributed by atoms with van der Waals surface area (Å²) in [5.74, 6) is -0.0479. The minimum atomic E-state index is -2.56. The summed E-state index contributed by atoms with van der Waals surface area (Å²) in [7, 11) is -0.756. The van der Waals surface area contributed by atoms with Crippen molar-refractivity contribution in [2.75, 3.05) is 24.5 Å². The highest BCUT2D eigenvalue weighted by Gasteiger charge is 2.33. The standard InChI is InChI=1S/C23H32BrClN2O6SSi/c1-5-35(6-2,7-3)33-22(16-8-11-21(28)20(12-16)27(4)34(30)31)14-26-23(29)15-32-17-9-10-18(24)19(25)13-17/h8-13,22,28H,5-7,14-15H2,1-4H3,(H,26,29)(H,30,31)/p-1. The third-order valence-electron chi connectivity index (χ3n) is 6.01. The smallest absolute Gasteiger partial charge is 0.258 e. The number of nitrogens with one attached hydrogen (secondary N) is 1. The highest BCUT2D eigenvalue weighted by atomic mass is 79.9. The maximum atomic E-state index is 12.5. The number of carbonyl (C=O) groups is 1. The van der Waals surface area contributed by atoms with Gasteiger partial charge in [0.25, 0.3) is 5.91 Å². The Hall–Kier alpha value is -1.63. The van der Waals surface area contributed by atoms with Gasteiger partial charge in [0.2, 0.25) is 0 Å². The molecule has 0 saturated heterocycles. The Morgan fingerprint density at radius 2 is 1.89 bits per heavy atom. The van der Waals surface area contributed by atoms with Crippen LogP contribution >= 0.6 is 27.5 Å². The number of amides is 1. The molecule has 1 amide bonds. The van der Waals surface area contributed by atoms with Crippen molar-refractivity contribution < 1.29 is 27.8 Å². The largest absolute Gasteiger partial charge is 0.755 e. The predicted octanol–water partition coefficient (Wildman–Crippen LogP) is 5.30. The van der Waals surface area contributed by atoms with Gasteiger partial charge in [-0.3, -0.25) is 9.00 Å². The molecule has 2 aromatic carbocycles. The van der Waals surface area contributed by atoms with Gasteiger partial charge in [0, 0.05) is 29.3 Å². The first-order valence-corrected chi connectivity index (χ1v) is 16.0. The number of hydrogen-bond donors (Lipinski definition) is 2. The molecule has 0 heterocycles. The molecule has 8 nitrogen and oxygen atoms in total. The lowest BCUT2D eigenvalue weighted by Crippen LogP contribution is -2.41. The minimum Gasteiger partial charge on any atom is -0.755 e. The van der Waals surface area contributed by atoms with E-state index in [9.17, 15) is 18.7 Å². The first kappa shape index (κ1) is 29.6. The van der Waals surface area contributed by atoms with Crippen LogP contribution in [0.25, 0.3) is 0 Å². The van der Waals surface area contributed by atoms with Crippen molar-refractivity contribution in [1.82, 2.24) is 5.32 Å². The maximum absolute atomic E-state index is 12.5. The van der Waals surface area contributed by atoms with E-state index in [-0.39, 0.29) is 30.5 Å². The Balaban J connectivity index is 2.21. The fraction of sp³-hybridized carbons (Fsp3) is 0.435. The zero-order valence-corrected chi connectivity index (χ0v) is 24.3. The van der Waals surface area contributed by atoms with E-state index in [2.05, 4.69) is 42.0 Å². The van der Waals surface area contributed by atoms with E-state index in [1.54, 1.807) is 30.3 Å². The summed E-state index contributed by atoms with van der Waals surface area (Å²) in [6, 6.07) is 12.4. The van der Waals surface area contributed by atoms with Crippen LogP contribution in [0.1, 0.15) is 32.4 Å². The Labute approximate surface area is 223 Å². The second kappa shape index (κ2) is 13.6. The maximum Gasteiger partial charge on any atom is 0.258 e. The molecule has 194 valence electrons. The fourth-order valence-corrected chi connectivity index (χ4v) is 7.12. The Morgan fingerprint density at radius 3 is 2.46 bits per heavy atom. The van der Waals surface area contributed by atoms with Crippen LogP contribution in [0.15, 0.2) is 40.9 Å². The summed E-state index contributed by atoms with van der Waals surface area (Å²) >= 11 is 6.82. The monoisotopic (exact) mass is 605 g/mol. The Kier molecular flexibility index (Phi) is 11.5. The van der Waals surface area contributed by atoms with E-state index in [1.165, 1.54) is 13.1 Å². The zero-order chi connectivity index (χ0) is 26.2. The molecular weight excluding hydrogens is 576 g/mol. The van der Waals surface area contributed by atoms with Crippen molar-refractivity contribution >= 4 is 58.7 Å². The van der Waals surface area contributed by atoms with Gasteiger partial charge in [-0.2, -0.15) is 0 Å². The topological polar surface area (TPSA) is 111 Å². The molecule has 2 unspecified atom stereocenters. The predicted molar refractivity (Wildman–Crippen MR) is 144 cm³/mol. The number of carbonyl (C=O) groups excluding carboxylic acids is 1. The summed E-state index contributed by atoms with van der Waals surface area (Å²) < 4.78 is 36.8. The van der Waals surface area contributed by atoms with Crippen LogP contribution in [0.5, 0.6) is 11.5 Å². The van der Waals surface area contributed by atoms with Gasteiger partial charge in [0.1, 0.15) is 11.5 Å². The number of aromatic hydroxyl groups is 1. The van der Waals surface area contributed by atoms with Gasteiger partial charge in [-0.05, 0) is 70.0 Å². The number of nitrogens with zero attached hydrogens (tertiary/aromatic N) is 1. The van der Waals surface area contributed by atoms with Gasteiger partial charge in [0.05, 0.1) is 16.8 Å². The molecule has 0 aromatic heterocycles. The Bertz CT molecular complexity index is 1030. The summed E-state index contributed by atoms with van der Waals surface area (Å²) in [4.78, 5) is 12.5. The van der Waals surface area contributed by atoms with E-state index in [4.69, 9.17) is 20.8 Å². The van der Waals surface area contributed by atoms with E-state index < -0.39 is 25.7 Å². The van der Waals surface area contributed by atoms with Gasteiger partial charge in [-0.25, -0.2) is 0 Å². The molecule has 2 N–H and O–H groups in total. The highest BCUT2D eigenvalue weighted by Crippen LogP contribution is 2.34. The van der Waals surface area contributed by atoms with Gasteiger partial charge in [-0.1, -0.05) is 38.4 Å². The van der Waals surface area contributed by atoms with Crippen molar-refractivity contribution in [3.63, 3.8) is 0 Å². The van der Waals surface area contributed by atoms with Crippen LogP contribution < -0.4 is 14.4 Å². The molecule has 0 aliphatic rings. The van der Waals surface area contributed by atoms with Crippen molar-refractivity contribution in [1.29, 1.82) is 0 Å². The molecule has 0 spiro atoms. The average Bonchev–Trinajstić information content (AvgIpc) is 2.85. The van der Waals surface area contributed by atoms with E-state index >= 15 is 0 Å². The lowest BCUT2D eigenvalue weighted by atomic mass is 10.1. The van der Waals surface area contributed by atoms with Crippen molar-refractivity contribution in [2.24, 2.45) is 0 Å². The molecular formula is C23H31BrClN2O6SSi-. The second-order valence-electron chi connectivity index (χ2n) is 7.98. The summed E-state index contributed by atoms with van der Waals surface area (Å²) in [5, 5.41) is 13.5. The third kappa shape index (κ3) is 8.19. The molecule has 0 bridgehead atoms. The number of ether oxygens (including phenoxy) is 1. The van der Waals surface area contributed by atoms with Crippen molar-refractivity contribution in [3.8, 4) is 11.5 Å². The van der Waals surface area contributed by atoms with Crippen LogP contribution in [0, 0.1) is 0 Å². The Morgan fingerprint density at radius 1 is 1.23 bits per heavy atom. The van der Waals surface area contributed by atoms with Crippen LogP contribution in [-0.4, -0.2) is 48.3 Å². The molecule has 2 rings (SSSR count). The number of hydrogen-bond acceptors (Lipinski definition) is 6. The number of phenolic OH excluding ortho intramolecular Hbond substituents is 1. The first-order valence-electron chi connectivity index (χ1n) is 11.2. The van der Waals surface area contributed by atoms with Gasteiger partial charge in [-0.15, -0.1) is 0 Å². The molecule has 0 saturated carbocycles. The number of anilines is 1. The van der Waals surface area contributed by atoms with E-state index in [0.29, 0.717) is 16.3 Å². The number of rotatable bonds is 13. The zero-order valence-electron chi connectivity index (χ0n) is 20.2. The summed E-state index contributed by atoms with van der Waals surface area (Å²) in [5.41, 5.74) is 0.784. The lowest BCUT2D eigenvalue weighted by molar-refractivity contribution is -0.123. The summed E-state index contributed by atoms with van der Waals surface area (Å²) in [6.07, 6.45) is -0.527. The van der Waals surface area contributed by atoms with Gasteiger partial charge in [0.15, 0.2) is 14.9 Å². The molecule has 12 heteroatoms. The first-order chi connectivity index (χ1) is 16.6. The molecule has 2 aromatic rings. The average molecular weight is 607 g/mol. The quantitative estimate of drug-likeness (QED) is 0.237. The van der Waals surface area contributed by atoms with Crippen molar-refractivity contribution in [2.45, 2.75) is 45.0 Å². The SMILES string of the molecule is CC[Si](CC)(CC)OC(CNC(=O)COc1ccc(Br)c(Cl)c1)c1ccc(O)c(N(C)S(=O)[O-])c1. The minimum absolute atomic E-state index is 0.128. The number of phenols is 1. The number of benzene rings is 2. The van der Waals surface area contributed by atoms with Crippen LogP contribution in [0.2, 0.25) is 23.2 Å². The third-order valence-corrected chi connectivity index (χ3v) is 12.5. The lowest BCUT2D eigenvalue weighted by Gasteiger charge is -2.34. The molecule has 0 aliphatic carbocycles. The van der Waals surface area contributed by atoms with Crippen molar-refractivity contribution in [3.05, 3.63) is 51.5 Å². The molecule has 35 heavy (non-hydrogen) atoms. The molecule has 0 radical (unpaired) electrons. The van der Waals surface area contributed by atoms with Gasteiger partial charge < -0.3 is 28.4 Å². The van der Waals surface area contributed by atoms with Crippen LogP contribution in [-0.2, 0) is 20.5 Å². The van der Waals surface area contributed by atoms with Crippen LogP contribution in [0.3, 0.4) is 0 Å². The van der Waals surface area contributed by atoms with E-state index in [0.717, 1.165) is 26.9 Å². The van der Waals surface area contributed by atoms with Gasteiger partial charge >= 0.3 is 0 Å². The highest BCUT2D eigenvalue weighted by molar-refractivity contribution is 9.10. The molecule has 2 atom stereocenters. The van der Waals surface area contributed by atoms with E-state index in [1.807, 2.05) is 0 Å². The molecule has 0 fully saturated rings. The fourth-order valence-electron chi connectivity index (χ4n) is 3.58. The van der Waals surface area contributed by atoms with Crippen LogP contribution in [0.4, 0.5) is 5.69 Å². The molecule has 0 aliphatic heterocycles. The number of halogens is 2. The normalized spacial score (nSPS) is 13.2. The summed E-state index contributed by atoms with van der Waals surface area (Å²) in [6.45, 7) is 6.25.